The lowest BCUT2D eigenvalue weighted by Gasteiger charge is -2.24. The first-order valence-electron chi connectivity index (χ1n) is 7.81. The van der Waals surface area contributed by atoms with Crippen LogP contribution in [0.25, 0.3) is 10.9 Å². The highest BCUT2D eigenvalue weighted by molar-refractivity contribution is 6.66. The molecule has 1 saturated heterocycles. The highest BCUT2D eigenvalue weighted by atomic mass is 14.9. The van der Waals surface area contributed by atoms with E-state index in [4.69, 9.17) is 0 Å². The van der Waals surface area contributed by atoms with E-state index >= 15 is 0 Å². The second kappa shape index (κ2) is 5.11. The zero-order valence-electron chi connectivity index (χ0n) is 13.4. The summed E-state index contributed by atoms with van der Waals surface area (Å²) in [6.45, 7) is 2.30. The normalized spacial score (nSPS) is 16.8. The average molecular weight is 259 g/mol. The number of piperidine rings is 1. The number of aromatic nitrogens is 1. The van der Waals surface area contributed by atoms with Gasteiger partial charge >= 0.3 is 0 Å². The maximum Gasteiger partial charge on any atom is 0.161 e. The van der Waals surface area contributed by atoms with E-state index in [0.29, 0.717) is 5.92 Å². The lowest BCUT2D eigenvalue weighted by atomic mass is 9.64. The fourth-order valence-electron chi connectivity index (χ4n) is 3.87. The first kappa shape index (κ1) is 14.0. The molecule has 0 bridgehead atoms. The summed E-state index contributed by atoms with van der Waals surface area (Å²) in [7, 11) is 11.3. The molecular formula is C13H21B5N2. The minimum Gasteiger partial charge on any atom is -0.368 e. The average Bonchev–Trinajstić information content (AvgIpc) is 2.81. The molecule has 7 heteroatoms. The minimum atomic E-state index is 0.713. The van der Waals surface area contributed by atoms with Crippen LogP contribution in [-0.2, 0) is 0 Å². The van der Waals surface area contributed by atoms with E-state index in [1.165, 1.54) is 51.2 Å². The van der Waals surface area contributed by atoms with Gasteiger partial charge < -0.3 is 10.3 Å². The van der Waals surface area contributed by atoms with Gasteiger partial charge in [0.15, 0.2) is 7.85 Å². The summed E-state index contributed by atoms with van der Waals surface area (Å²) >= 11 is 0. The van der Waals surface area contributed by atoms with Gasteiger partial charge in [0.1, 0.15) is 31.4 Å². The predicted octanol–water partition coefficient (Wildman–Crippen LogP) is -6.07. The van der Waals surface area contributed by atoms with Gasteiger partial charge in [0.05, 0.1) is 0 Å². The van der Waals surface area contributed by atoms with Crippen molar-refractivity contribution in [1.29, 1.82) is 0 Å². The predicted molar refractivity (Wildman–Crippen MR) is 104 cm³/mol. The van der Waals surface area contributed by atoms with E-state index in [-0.39, 0.29) is 0 Å². The molecule has 20 heavy (non-hydrogen) atoms. The maximum absolute atomic E-state index is 3.68. The Morgan fingerprint density at radius 1 is 0.800 bits per heavy atom. The Balaban J connectivity index is 2.29. The molecule has 2 heterocycles. The Labute approximate surface area is 125 Å². The number of rotatable bonds is 1. The van der Waals surface area contributed by atoms with Crippen molar-refractivity contribution in [2.24, 2.45) is 0 Å². The topological polar surface area (TPSA) is 27.8 Å². The van der Waals surface area contributed by atoms with Crippen molar-refractivity contribution in [3.05, 3.63) is 5.56 Å². The lowest BCUT2D eigenvalue weighted by Crippen LogP contribution is -2.47. The van der Waals surface area contributed by atoms with Crippen molar-refractivity contribution in [2.45, 2.75) is 18.8 Å². The van der Waals surface area contributed by atoms with Gasteiger partial charge in [-0.2, -0.15) is 0 Å². The molecule has 1 aromatic carbocycles. The number of nitrogens with one attached hydrogen (secondary N) is 2. The number of hydrogen-bond acceptors (Lipinski definition) is 1. The molecule has 2 nitrogen and oxygen atoms in total. The fourth-order valence-corrected chi connectivity index (χ4v) is 3.87. The van der Waals surface area contributed by atoms with Crippen LogP contribution >= 0.6 is 0 Å². The lowest BCUT2D eigenvalue weighted by molar-refractivity contribution is 0.464. The van der Waals surface area contributed by atoms with Crippen LogP contribution in [0.1, 0.15) is 24.3 Å². The standard InChI is InChI=1S/C13H21B5N2/c14-8-7-6(5-1-3-19-4-2-5)13(18)20-12(7)11(17)10(16)9(8)15/h5,19-20H,1-4,14-18H2. The van der Waals surface area contributed by atoms with Crippen molar-refractivity contribution < 1.29 is 0 Å². The molecule has 0 atom stereocenters. The van der Waals surface area contributed by atoms with Crippen LogP contribution in [0.2, 0.25) is 0 Å². The molecule has 3 rings (SSSR count). The van der Waals surface area contributed by atoms with Crippen molar-refractivity contribution >= 4 is 77.6 Å². The summed E-state index contributed by atoms with van der Waals surface area (Å²) in [5.41, 5.74) is 10.1. The van der Waals surface area contributed by atoms with Gasteiger partial charge in [-0.3, -0.25) is 0 Å². The molecule has 0 spiro atoms. The molecule has 0 amide bonds. The Morgan fingerprint density at radius 2 is 1.40 bits per heavy atom. The molecule has 0 radical (unpaired) electrons. The molecule has 0 unspecified atom stereocenters. The van der Waals surface area contributed by atoms with Crippen LogP contribution in [0.3, 0.4) is 0 Å². The largest absolute Gasteiger partial charge is 0.368 e. The molecule has 1 aromatic heterocycles. The van der Waals surface area contributed by atoms with Crippen molar-refractivity contribution in [1.82, 2.24) is 10.3 Å². The number of fused-ring (bicyclic) bond motifs is 1. The number of H-pyrrole nitrogens is 1. The molecule has 0 saturated carbocycles. The first-order valence-corrected chi connectivity index (χ1v) is 7.81. The molecular weight excluding hydrogens is 238 g/mol. The number of aromatic amines is 1. The fraction of sp³-hybridized carbons (Fsp3) is 0.385. The number of benzene rings is 1. The van der Waals surface area contributed by atoms with Crippen LogP contribution in [0.15, 0.2) is 0 Å². The summed E-state index contributed by atoms with van der Waals surface area (Å²) in [5.74, 6) is 0.713. The van der Waals surface area contributed by atoms with Crippen LogP contribution < -0.4 is 32.8 Å². The van der Waals surface area contributed by atoms with Gasteiger partial charge in [0.2, 0.25) is 0 Å². The summed E-state index contributed by atoms with van der Waals surface area (Å²) in [5, 5.41) is 4.99. The smallest absolute Gasteiger partial charge is 0.161 e. The monoisotopic (exact) mass is 260 g/mol. The van der Waals surface area contributed by atoms with E-state index in [0.717, 1.165) is 13.1 Å². The van der Waals surface area contributed by atoms with E-state index in [9.17, 15) is 0 Å². The Hall–Kier alpha value is -0.955. The van der Waals surface area contributed by atoms with E-state index < -0.39 is 0 Å². The molecule has 0 aliphatic carbocycles. The van der Waals surface area contributed by atoms with Gasteiger partial charge in [-0.1, -0.05) is 16.4 Å². The first-order chi connectivity index (χ1) is 9.52. The third-order valence-corrected chi connectivity index (χ3v) is 5.42. The summed E-state index contributed by atoms with van der Waals surface area (Å²) in [6.07, 6.45) is 2.53. The molecule has 2 aromatic rings. The highest BCUT2D eigenvalue weighted by Gasteiger charge is 2.23. The second-order valence-corrected chi connectivity index (χ2v) is 6.44. The van der Waals surface area contributed by atoms with Gasteiger partial charge in [0.25, 0.3) is 0 Å². The zero-order chi connectivity index (χ0) is 14.4. The number of hydrogen-bond donors (Lipinski definition) is 2. The maximum atomic E-state index is 3.68. The Morgan fingerprint density at radius 3 is 2.05 bits per heavy atom. The van der Waals surface area contributed by atoms with E-state index in [1.807, 2.05) is 0 Å². The van der Waals surface area contributed by atoms with Gasteiger partial charge in [-0.25, -0.2) is 0 Å². The molecule has 1 aliphatic heterocycles. The second-order valence-electron chi connectivity index (χ2n) is 6.44. The molecule has 2 N–H and O–H groups in total. The van der Waals surface area contributed by atoms with Crippen molar-refractivity contribution in [3.8, 4) is 0 Å². The van der Waals surface area contributed by atoms with Crippen LogP contribution in [0.4, 0.5) is 0 Å². The van der Waals surface area contributed by atoms with Gasteiger partial charge in [0, 0.05) is 5.52 Å². The van der Waals surface area contributed by atoms with Crippen molar-refractivity contribution in [2.75, 3.05) is 13.1 Å². The van der Waals surface area contributed by atoms with Crippen LogP contribution in [-0.4, -0.2) is 57.3 Å². The van der Waals surface area contributed by atoms with Gasteiger partial charge in [-0.05, 0) is 48.4 Å². The third kappa shape index (κ3) is 1.98. The quantitative estimate of drug-likeness (QED) is 0.490. The minimum absolute atomic E-state index is 0.713. The molecule has 98 valence electrons. The van der Waals surface area contributed by atoms with E-state index in [1.54, 1.807) is 5.56 Å². The SMILES string of the molecule is Bc1[nH]c2c(B)c(B)c(B)c(B)c2c1C1CCNCC1. The van der Waals surface area contributed by atoms with Crippen LogP contribution in [0.5, 0.6) is 0 Å². The summed E-state index contributed by atoms with van der Waals surface area (Å²) < 4.78 is 0. The summed E-state index contributed by atoms with van der Waals surface area (Å²) in [6, 6.07) is 0. The van der Waals surface area contributed by atoms with Gasteiger partial charge in [-0.15, -0.1) is 5.46 Å². The molecule has 1 aliphatic rings. The van der Waals surface area contributed by atoms with Crippen molar-refractivity contribution in [3.63, 3.8) is 0 Å². The van der Waals surface area contributed by atoms with Crippen LogP contribution in [0, 0.1) is 0 Å². The molecule has 1 fully saturated rings. The Kier molecular flexibility index (Phi) is 3.57. The van der Waals surface area contributed by atoms with E-state index in [2.05, 4.69) is 49.5 Å². The Bertz CT molecular complexity index is 673. The zero-order valence-corrected chi connectivity index (χ0v) is 13.4. The summed E-state index contributed by atoms with van der Waals surface area (Å²) in [4.78, 5) is 3.68. The third-order valence-electron chi connectivity index (χ3n) is 5.42. The highest BCUT2D eigenvalue weighted by Crippen LogP contribution is 2.28.